The largest absolute Gasteiger partial charge is 0.301 e. The molecule has 1 fully saturated rings. The molecule has 0 spiro atoms. The van der Waals surface area contributed by atoms with Gasteiger partial charge in [0.25, 0.3) is 5.91 Å². The molecule has 142 valence electrons. The molecule has 3 rings (SSSR count). The van der Waals surface area contributed by atoms with Crippen LogP contribution >= 0.6 is 12.2 Å². The fourth-order valence-corrected chi connectivity index (χ4v) is 2.96. The van der Waals surface area contributed by atoms with Crippen LogP contribution in [0.4, 0.5) is 5.69 Å². The molecule has 1 atom stereocenters. The number of hydrogen-bond donors (Lipinski definition) is 2. The van der Waals surface area contributed by atoms with Gasteiger partial charge in [-0.25, -0.2) is 5.43 Å². The van der Waals surface area contributed by atoms with Gasteiger partial charge in [-0.15, -0.1) is 0 Å². The molecule has 0 unspecified atom stereocenters. The lowest BCUT2D eigenvalue weighted by Crippen LogP contribution is -2.58. The van der Waals surface area contributed by atoms with Gasteiger partial charge in [0.1, 0.15) is 0 Å². The lowest BCUT2D eigenvalue weighted by Gasteiger charge is -2.30. The third kappa shape index (κ3) is 4.47. The van der Waals surface area contributed by atoms with Gasteiger partial charge in [-0.2, -0.15) is 5.10 Å². The number of rotatable bonds is 5. The summed E-state index contributed by atoms with van der Waals surface area (Å²) in [6, 6.07) is 16.3. The van der Waals surface area contributed by atoms with Crippen molar-refractivity contribution in [1.29, 1.82) is 0 Å². The molecule has 1 aliphatic heterocycles. The molecule has 0 aromatic heterocycles. The molecule has 7 nitrogen and oxygen atoms in total. The van der Waals surface area contributed by atoms with Gasteiger partial charge in [0, 0.05) is 6.21 Å². The Morgan fingerprint density at radius 1 is 1.18 bits per heavy atom. The predicted molar refractivity (Wildman–Crippen MR) is 110 cm³/mol. The van der Waals surface area contributed by atoms with Crippen LogP contribution in [0, 0.1) is 12.8 Å². The third-order valence-corrected chi connectivity index (χ3v) is 4.40. The van der Waals surface area contributed by atoms with E-state index in [1.807, 2.05) is 49.4 Å². The first kappa shape index (κ1) is 19.4. The SMILES string of the molecule is Cc1ccc(N2C(=O)[C@H](/C=N/NC(=O)Cc3ccccc3)C(=O)NC2=S)cc1. The first-order chi connectivity index (χ1) is 13.5. The Labute approximate surface area is 167 Å². The zero-order chi connectivity index (χ0) is 20.1. The van der Waals surface area contributed by atoms with Crippen LogP contribution in [0.1, 0.15) is 11.1 Å². The van der Waals surface area contributed by atoms with Crippen molar-refractivity contribution in [3.63, 3.8) is 0 Å². The summed E-state index contributed by atoms with van der Waals surface area (Å²) in [4.78, 5) is 38.1. The maximum Gasteiger partial charge on any atom is 0.251 e. The minimum Gasteiger partial charge on any atom is -0.301 e. The normalized spacial score (nSPS) is 17.0. The Morgan fingerprint density at radius 2 is 1.86 bits per heavy atom. The van der Waals surface area contributed by atoms with Gasteiger partial charge >= 0.3 is 0 Å². The Bertz CT molecular complexity index is 942. The van der Waals surface area contributed by atoms with Crippen LogP contribution in [0.25, 0.3) is 0 Å². The number of benzene rings is 2. The van der Waals surface area contributed by atoms with Crippen LogP contribution < -0.4 is 15.6 Å². The van der Waals surface area contributed by atoms with Crippen molar-refractivity contribution in [3.05, 3.63) is 65.7 Å². The molecule has 1 saturated heterocycles. The zero-order valence-electron chi connectivity index (χ0n) is 15.1. The summed E-state index contributed by atoms with van der Waals surface area (Å²) < 4.78 is 0. The van der Waals surface area contributed by atoms with E-state index in [1.165, 1.54) is 4.90 Å². The smallest absolute Gasteiger partial charge is 0.251 e. The van der Waals surface area contributed by atoms with Gasteiger partial charge in [-0.05, 0) is 36.8 Å². The number of nitrogens with one attached hydrogen (secondary N) is 2. The number of thiocarbonyl (C=S) groups is 1. The van der Waals surface area contributed by atoms with E-state index in [4.69, 9.17) is 12.2 Å². The quantitative estimate of drug-likeness (QED) is 0.350. The monoisotopic (exact) mass is 394 g/mol. The summed E-state index contributed by atoms with van der Waals surface area (Å²) in [5.41, 5.74) is 4.75. The molecule has 28 heavy (non-hydrogen) atoms. The van der Waals surface area contributed by atoms with E-state index in [-0.39, 0.29) is 17.4 Å². The minimum absolute atomic E-state index is 0.0108. The number of carbonyl (C=O) groups is 3. The minimum atomic E-state index is -1.19. The molecular formula is C20H18N4O3S. The fourth-order valence-electron chi connectivity index (χ4n) is 2.66. The molecule has 0 bridgehead atoms. The second-order valence-corrected chi connectivity index (χ2v) is 6.64. The van der Waals surface area contributed by atoms with E-state index in [0.29, 0.717) is 5.69 Å². The van der Waals surface area contributed by atoms with Crippen molar-refractivity contribution < 1.29 is 14.4 Å². The second kappa shape index (κ2) is 8.53. The van der Waals surface area contributed by atoms with Crippen LogP contribution in [0.2, 0.25) is 0 Å². The first-order valence-corrected chi connectivity index (χ1v) is 8.98. The number of amides is 3. The van der Waals surface area contributed by atoms with E-state index in [9.17, 15) is 14.4 Å². The average Bonchev–Trinajstić information content (AvgIpc) is 2.66. The Morgan fingerprint density at radius 3 is 2.54 bits per heavy atom. The number of anilines is 1. The lowest BCUT2D eigenvalue weighted by molar-refractivity contribution is -0.130. The van der Waals surface area contributed by atoms with E-state index in [1.54, 1.807) is 12.1 Å². The number of aryl methyl sites for hydroxylation is 1. The van der Waals surface area contributed by atoms with Crippen LogP contribution in [-0.4, -0.2) is 29.0 Å². The highest BCUT2D eigenvalue weighted by Crippen LogP contribution is 2.20. The Balaban J connectivity index is 1.68. The first-order valence-electron chi connectivity index (χ1n) is 8.57. The molecule has 2 N–H and O–H groups in total. The van der Waals surface area contributed by atoms with E-state index in [2.05, 4.69) is 15.8 Å². The molecule has 3 amide bonds. The van der Waals surface area contributed by atoms with Gasteiger partial charge < -0.3 is 5.32 Å². The topological polar surface area (TPSA) is 90.9 Å². The highest BCUT2D eigenvalue weighted by molar-refractivity contribution is 7.80. The second-order valence-electron chi connectivity index (χ2n) is 6.26. The molecule has 2 aromatic rings. The Kier molecular flexibility index (Phi) is 5.90. The molecule has 1 heterocycles. The number of hydrazone groups is 1. The van der Waals surface area contributed by atoms with Crippen molar-refractivity contribution in [1.82, 2.24) is 10.7 Å². The van der Waals surface area contributed by atoms with Gasteiger partial charge in [-0.1, -0.05) is 48.0 Å². The van der Waals surface area contributed by atoms with Gasteiger partial charge in [0.15, 0.2) is 11.0 Å². The molecule has 0 radical (unpaired) electrons. The maximum absolute atomic E-state index is 12.8. The predicted octanol–water partition coefficient (Wildman–Crippen LogP) is 1.70. The number of nitrogens with zero attached hydrogens (tertiary/aromatic N) is 2. The van der Waals surface area contributed by atoms with Crippen molar-refractivity contribution >= 4 is 47.0 Å². The van der Waals surface area contributed by atoms with Crippen LogP contribution in [0.3, 0.4) is 0 Å². The molecule has 8 heteroatoms. The fraction of sp³-hybridized carbons (Fsp3) is 0.150. The summed E-state index contributed by atoms with van der Waals surface area (Å²) in [7, 11) is 0. The molecule has 0 aliphatic carbocycles. The van der Waals surface area contributed by atoms with Crippen LogP contribution in [-0.2, 0) is 20.8 Å². The van der Waals surface area contributed by atoms with Crippen molar-refractivity contribution in [2.75, 3.05) is 4.90 Å². The molecular weight excluding hydrogens is 376 g/mol. The van der Waals surface area contributed by atoms with Crippen molar-refractivity contribution in [2.24, 2.45) is 11.0 Å². The summed E-state index contributed by atoms with van der Waals surface area (Å²) >= 11 is 5.13. The van der Waals surface area contributed by atoms with Crippen molar-refractivity contribution in [3.8, 4) is 0 Å². The number of carbonyl (C=O) groups excluding carboxylic acids is 3. The maximum atomic E-state index is 12.8. The highest BCUT2D eigenvalue weighted by Gasteiger charge is 2.38. The third-order valence-electron chi connectivity index (χ3n) is 4.11. The molecule has 0 saturated carbocycles. The lowest BCUT2D eigenvalue weighted by atomic mass is 10.1. The molecule has 2 aromatic carbocycles. The Hall–Kier alpha value is -3.39. The van der Waals surface area contributed by atoms with Crippen LogP contribution in [0.5, 0.6) is 0 Å². The van der Waals surface area contributed by atoms with Gasteiger partial charge in [0.2, 0.25) is 11.8 Å². The molecule has 1 aliphatic rings. The standard InChI is InChI=1S/C20H18N4O3S/c1-13-7-9-15(10-8-13)24-19(27)16(18(26)22-20(24)28)12-21-23-17(25)11-14-5-3-2-4-6-14/h2-10,12,16H,11H2,1H3,(H,23,25)(H,22,26,28)/b21-12+/t16-/m1/s1. The van der Waals surface area contributed by atoms with E-state index >= 15 is 0 Å². The summed E-state index contributed by atoms with van der Waals surface area (Å²) in [5.74, 6) is -2.65. The number of hydrogen-bond acceptors (Lipinski definition) is 5. The average molecular weight is 394 g/mol. The summed E-state index contributed by atoms with van der Waals surface area (Å²) in [5, 5.41) is 6.29. The zero-order valence-corrected chi connectivity index (χ0v) is 15.9. The van der Waals surface area contributed by atoms with Gasteiger partial charge in [-0.3, -0.25) is 19.3 Å². The van der Waals surface area contributed by atoms with E-state index < -0.39 is 17.7 Å². The van der Waals surface area contributed by atoms with Crippen LogP contribution in [0.15, 0.2) is 59.7 Å². The van der Waals surface area contributed by atoms with Crippen molar-refractivity contribution in [2.45, 2.75) is 13.3 Å². The van der Waals surface area contributed by atoms with Gasteiger partial charge in [0.05, 0.1) is 12.1 Å². The highest BCUT2D eigenvalue weighted by atomic mass is 32.1. The summed E-state index contributed by atoms with van der Waals surface area (Å²) in [6.45, 7) is 1.93. The van der Waals surface area contributed by atoms with E-state index in [0.717, 1.165) is 17.3 Å². The summed E-state index contributed by atoms with van der Waals surface area (Å²) in [6.07, 6.45) is 1.26.